The Hall–Kier alpha value is -1.47. The van der Waals surface area contributed by atoms with Crippen LogP contribution in [0.1, 0.15) is 50.1 Å². The highest BCUT2D eigenvalue weighted by atomic mass is 16.2. The predicted octanol–water partition coefficient (Wildman–Crippen LogP) is 0.649. The number of amides is 1. The molecule has 2 aliphatic heterocycles. The first-order chi connectivity index (χ1) is 11.8. The Morgan fingerprint density at radius 1 is 1.25 bits per heavy atom. The summed E-state index contributed by atoms with van der Waals surface area (Å²) in [6.07, 6.45) is 9.28. The zero-order valence-electron chi connectivity index (χ0n) is 14.0. The molecule has 2 saturated heterocycles. The van der Waals surface area contributed by atoms with Gasteiger partial charge in [-0.1, -0.05) is 5.21 Å². The standard InChI is InChI=1S/C17H26N6O/c24-17(14-8-18-20-16(14)12-5-6-12)23-7-1-2-13(23)9-22-10-15(19-21-22)11-3-4-11/h10-14,16,18,20H,1-9H2/t13-,14?,16?/m0/s1. The van der Waals surface area contributed by atoms with E-state index >= 15 is 0 Å². The fraction of sp³-hybridized carbons (Fsp3) is 0.824. The third-order valence-electron chi connectivity index (χ3n) is 6.08. The van der Waals surface area contributed by atoms with E-state index < -0.39 is 0 Å². The maximum Gasteiger partial charge on any atom is 0.228 e. The zero-order valence-corrected chi connectivity index (χ0v) is 14.0. The van der Waals surface area contributed by atoms with Crippen LogP contribution in [0.2, 0.25) is 0 Å². The number of nitrogens with one attached hydrogen (secondary N) is 2. The van der Waals surface area contributed by atoms with Crippen LogP contribution in [0.5, 0.6) is 0 Å². The summed E-state index contributed by atoms with van der Waals surface area (Å²) in [5.41, 5.74) is 7.67. The summed E-state index contributed by atoms with van der Waals surface area (Å²) in [7, 11) is 0. The Morgan fingerprint density at radius 2 is 2.12 bits per heavy atom. The molecule has 5 rings (SSSR count). The minimum absolute atomic E-state index is 0.0934. The number of nitrogens with zero attached hydrogens (tertiary/aromatic N) is 4. The topological polar surface area (TPSA) is 75.1 Å². The summed E-state index contributed by atoms with van der Waals surface area (Å²) in [5.74, 6) is 1.74. The van der Waals surface area contributed by atoms with Crippen molar-refractivity contribution in [1.29, 1.82) is 0 Å². The molecule has 2 saturated carbocycles. The van der Waals surface area contributed by atoms with Gasteiger partial charge in [0, 0.05) is 31.2 Å². The normalized spacial score (nSPS) is 33.3. The number of hydrogen-bond acceptors (Lipinski definition) is 5. The van der Waals surface area contributed by atoms with Crippen molar-refractivity contribution in [3.05, 3.63) is 11.9 Å². The molecule has 1 aromatic rings. The van der Waals surface area contributed by atoms with Crippen molar-refractivity contribution in [2.24, 2.45) is 11.8 Å². The van der Waals surface area contributed by atoms with Crippen LogP contribution in [0.4, 0.5) is 0 Å². The van der Waals surface area contributed by atoms with Crippen LogP contribution in [-0.2, 0) is 11.3 Å². The highest BCUT2D eigenvalue weighted by Gasteiger charge is 2.45. The third-order valence-corrected chi connectivity index (χ3v) is 6.08. The minimum Gasteiger partial charge on any atom is -0.338 e. The second-order valence-electron chi connectivity index (χ2n) is 7.96. The van der Waals surface area contributed by atoms with Crippen LogP contribution in [0.3, 0.4) is 0 Å². The van der Waals surface area contributed by atoms with E-state index in [4.69, 9.17) is 0 Å². The Morgan fingerprint density at radius 3 is 2.92 bits per heavy atom. The summed E-state index contributed by atoms with van der Waals surface area (Å²) in [6.45, 7) is 2.44. The molecule has 4 fully saturated rings. The molecule has 2 N–H and O–H groups in total. The number of hydrogen-bond donors (Lipinski definition) is 2. The highest BCUT2D eigenvalue weighted by Crippen LogP contribution is 2.39. The second kappa shape index (κ2) is 5.81. The Kier molecular flexibility index (Phi) is 3.59. The first-order valence-electron chi connectivity index (χ1n) is 9.48. The van der Waals surface area contributed by atoms with E-state index in [1.54, 1.807) is 0 Å². The SMILES string of the molecule is O=C(C1CNNC1C1CC1)N1CCC[C@H]1Cn1cc(C2CC2)nn1. The fourth-order valence-corrected chi connectivity index (χ4v) is 4.37. The average Bonchev–Trinajstić information content (AvgIpc) is 3.48. The molecule has 2 unspecified atom stereocenters. The summed E-state index contributed by atoms with van der Waals surface area (Å²) in [4.78, 5) is 15.2. The van der Waals surface area contributed by atoms with Gasteiger partial charge in [0.25, 0.3) is 0 Å². The largest absolute Gasteiger partial charge is 0.338 e. The molecular formula is C17H26N6O. The predicted molar refractivity (Wildman–Crippen MR) is 87.9 cm³/mol. The molecule has 4 aliphatic rings. The Balaban J connectivity index is 1.26. The van der Waals surface area contributed by atoms with Gasteiger partial charge in [0.05, 0.1) is 24.2 Å². The van der Waals surface area contributed by atoms with Gasteiger partial charge in [-0.2, -0.15) is 0 Å². The van der Waals surface area contributed by atoms with Crippen molar-refractivity contribution in [1.82, 2.24) is 30.7 Å². The first-order valence-corrected chi connectivity index (χ1v) is 9.48. The molecule has 0 aromatic carbocycles. The van der Waals surface area contributed by atoms with Gasteiger partial charge in [-0.15, -0.1) is 5.10 Å². The molecule has 0 bridgehead atoms. The van der Waals surface area contributed by atoms with Gasteiger partial charge in [0.1, 0.15) is 0 Å². The van der Waals surface area contributed by atoms with E-state index in [9.17, 15) is 4.79 Å². The highest BCUT2D eigenvalue weighted by molar-refractivity contribution is 5.81. The lowest BCUT2D eigenvalue weighted by atomic mass is 9.96. The molecular weight excluding hydrogens is 304 g/mol. The van der Waals surface area contributed by atoms with E-state index in [1.165, 1.54) is 25.7 Å². The minimum atomic E-state index is 0.0934. The summed E-state index contributed by atoms with van der Waals surface area (Å²) in [6, 6.07) is 0.596. The first kappa shape index (κ1) is 14.8. The lowest BCUT2D eigenvalue weighted by Gasteiger charge is -2.29. The monoisotopic (exact) mass is 330 g/mol. The molecule has 3 heterocycles. The zero-order chi connectivity index (χ0) is 16.1. The number of likely N-dealkylation sites (tertiary alicyclic amines) is 1. The van der Waals surface area contributed by atoms with Crippen LogP contribution in [0, 0.1) is 11.8 Å². The number of hydrazine groups is 1. The van der Waals surface area contributed by atoms with E-state index in [0.29, 0.717) is 23.8 Å². The second-order valence-corrected chi connectivity index (χ2v) is 7.96. The van der Waals surface area contributed by atoms with Crippen molar-refractivity contribution in [3.8, 4) is 0 Å². The van der Waals surface area contributed by atoms with Gasteiger partial charge in [-0.05, 0) is 44.4 Å². The molecule has 7 heteroatoms. The van der Waals surface area contributed by atoms with Gasteiger partial charge >= 0.3 is 0 Å². The van der Waals surface area contributed by atoms with Gasteiger partial charge in [-0.3, -0.25) is 20.3 Å². The maximum atomic E-state index is 13.1. The molecule has 1 aromatic heterocycles. The quantitative estimate of drug-likeness (QED) is 0.829. The van der Waals surface area contributed by atoms with E-state index in [0.717, 1.165) is 38.2 Å². The molecule has 3 atom stereocenters. The molecule has 0 radical (unpaired) electrons. The number of carbonyl (C=O) groups excluding carboxylic acids is 1. The van der Waals surface area contributed by atoms with Gasteiger partial charge in [-0.25, -0.2) is 0 Å². The van der Waals surface area contributed by atoms with E-state index in [1.807, 2.05) is 4.68 Å². The lowest BCUT2D eigenvalue weighted by Crippen LogP contribution is -2.46. The summed E-state index contributed by atoms with van der Waals surface area (Å²) >= 11 is 0. The average molecular weight is 330 g/mol. The molecule has 7 nitrogen and oxygen atoms in total. The van der Waals surface area contributed by atoms with Crippen molar-refractivity contribution >= 4 is 5.91 Å². The van der Waals surface area contributed by atoms with Gasteiger partial charge < -0.3 is 4.90 Å². The molecule has 2 aliphatic carbocycles. The van der Waals surface area contributed by atoms with E-state index in [2.05, 4.69) is 32.3 Å². The van der Waals surface area contributed by atoms with Crippen molar-refractivity contribution in [2.75, 3.05) is 13.1 Å². The Labute approximate surface area is 142 Å². The molecule has 0 spiro atoms. The molecule has 24 heavy (non-hydrogen) atoms. The third kappa shape index (κ3) is 2.73. The summed E-state index contributed by atoms with van der Waals surface area (Å²) in [5, 5.41) is 8.59. The number of aromatic nitrogens is 3. The molecule has 130 valence electrons. The van der Waals surface area contributed by atoms with Crippen molar-refractivity contribution < 1.29 is 4.79 Å². The van der Waals surface area contributed by atoms with Gasteiger partial charge in [0.15, 0.2) is 0 Å². The van der Waals surface area contributed by atoms with Gasteiger partial charge in [0.2, 0.25) is 5.91 Å². The number of carbonyl (C=O) groups is 1. The van der Waals surface area contributed by atoms with Crippen molar-refractivity contribution in [3.63, 3.8) is 0 Å². The maximum absolute atomic E-state index is 13.1. The van der Waals surface area contributed by atoms with Crippen LogP contribution in [0.15, 0.2) is 6.20 Å². The lowest BCUT2D eigenvalue weighted by molar-refractivity contribution is -0.136. The fourth-order valence-electron chi connectivity index (χ4n) is 4.37. The van der Waals surface area contributed by atoms with Crippen LogP contribution < -0.4 is 10.9 Å². The molecule has 1 amide bonds. The smallest absolute Gasteiger partial charge is 0.228 e. The van der Waals surface area contributed by atoms with Crippen molar-refractivity contribution in [2.45, 2.75) is 63.1 Å². The van der Waals surface area contributed by atoms with Crippen LogP contribution >= 0.6 is 0 Å². The van der Waals surface area contributed by atoms with E-state index in [-0.39, 0.29) is 12.0 Å². The van der Waals surface area contributed by atoms with Crippen LogP contribution in [0.25, 0.3) is 0 Å². The summed E-state index contributed by atoms with van der Waals surface area (Å²) < 4.78 is 1.95. The number of rotatable bonds is 5. The Bertz CT molecular complexity index is 622. The van der Waals surface area contributed by atoms with Crippen LogP contribution in [-0.4, -0.2) is 51.0 Å².